The minimum atomic E-state index is 0.930. The Hall–Kier alpha value is -1.02. The molecule has 14 heavy (non-hydrogen) atoms. The summed E-state index contributed by atoms with van der Waals surface area (Å²) in [5.74, 6) is 0.930. The molecule has 0 heterocycles. The van der Waals surface area contributed by atoms with E-state index >= 15 is 0 Å². The van der Waals surface area contributed by atoms with E-state index in [1.807, 2.05) is 36.4 Å². The summed E-state index contributed by atoms with van der Waals surface area (Å²) in [7, 11) is 0. The average molecular weight is 205 g/mol. The Labute approximate surface area is 89.9 Å². The number of benzene rings is 1. The number of aliphatic imine (C=N–C) groups is 1. The van der Waals surface area contributed by atoms with Gasteiger partial charge in [-0.25, -0.2) is 4.99 Å². The van der Waals surface area contributed by atoms with Crippen molar-refractivity contribution in [3.8, 4) is 0 Å². The number of thioether (sulfide) groups is 1. The van der Waals surface area contributed by atoms with E-state index in [0.717, 1.165) is 22.9 Å². The van der Waals surface area contributed by atoms with E-state index in [4.69, 9.17) is 0 Å². The van der Waals surface area contributed by atoms with Crippen molar-refractivity contribution >= 4 is 22.5 Å². The van der Waals surface area contributed by atoms with Crippen LogP contribution < -0.4 is 0 Å². The molecule has 0 atom stereocenters. The minimum Gasteiger partial charge on any atom is -0.247 e. The maximum Gasteiger partial charge on any atom is 0.0738 e. The Bertz CT molecular complexity index is 303. The van der Waals surface area contributed by atoms with Crippen molar-refractivity contribution in [1.82, 2.24) is 0 Å². The van der Waals surface area contributed by atoms with Crippen LogP contribution in [0.15, 0.2) is 48.0 Å². The largest absolute Gasteiger partial charge is 0.247 e. The molecule has 0 N–H and O–H groups in total. The summed E-state index contributed by atoms with van der Waals surface area (Å²) in [5, 5.41) is 1.16. The fourth-order valence-electron chi connectivity index (χ4n) is 1.02. The standard InChI is InChI=1S/C12H15NS/c1-3-10-14-12(4-2)13-11-8-6-5-7-9-11/h3,5-9H,1,4,10H2,2H3. The second kappa shape index (κ2) is 6.44. The molecule has 0 aliphatic carbocycles. The van der Waals surface area contributed by atoms with Gasteiger partial charge in [-0.15, -0.1) is 18.3 Å². The summed E-state index contributed by atoms with van der Waals surface area (Å²) in [4.78, 5) is 4.55. The van der Waals surface area contributed by atoms with Crippen LogP contribution in [0.3, 0.4) is 0 Å². The molecule has 0 saturated carbocycles. The number of rotatable bonds is 4. The minimum absolute atomic E-state index is 0.930. The van der Waals surface area contributed by atoms with Gasteiger partial charge in [0.05, 0.1) is 10.7 Å². The Kier molecular flexibility index (Phi) is 5.08. The smallest absolute Gasteiger partial charge is 0.0738 e. The summed E-state index contributed by atoms with van der Waals surface area (Å²) >= 11 is 1.75. The van der Waals surface area contributed by atoms with Crippen LogP contribution in [0.2, 0.25) is 0 Å². The molecule has 1 rings (SSSR count). The van der Waals surface area contributed by atoms with Crippen molar-refractivity contribution in [1.29, 1.82) is 0 Å². The van der Waals surface area contributed by atoms with Crippen LogP contribution in [0.4, 0.5) is 5.69 Å². The van der Waals surface area contributed by atoms with Gasteiger partial charge in [-0.1, -0.05) is 31.2 Å². The molecule has 1 aromatic carbocycles. The van der Waals surface area contributed by atoms with Gasteiger partial charge in [0.1, 0.15) is 0 Å². The maximum absolute atomic E-state index is 4.55. The number of hydrogen-bond acceptors (Lipinski definition) is 2. The zero-order valence-corrected chi connectivity index (χ0v) is 9.26. The van der Waals surface area contributed by atoms with E-state index in [2.05, 4.69) is 18.5 Å². The zero-order chi connectivity index (χ0) is 10.2. The van der Waals surface area contributed by atoms with Crippen molar-refractivity contribution in [3.05, 3.63) is 43.0 Å². The van der Waals surface area contributed by atoms with E-state index in [1.165, 1.54) is 0 Å². The quantitative estimate of drug-likeness (QED) is 0.410. The molecule has 0 radical (unpaired) electrons. The van der Waals surface area contributed by atoms with Gasteiger partial charge >= 0.3 is 0 Å². The number of nitrogens with zero attached hydrogens (tertiary/aromatic N) is 1. The first-order chi connectivity index (χ1) is 6.86. The third kappa shape index (κ3) is 3.79. The van der Waals surface area contributed by atoms with Crippen LogP contribution in [-0.2, 0) is 0 Å². The van der Waals surface area contributed by atoms with Crippen molar-refractivity contribution in [3.63, 3.8) is 0 Å². The van der Waals surface area contributed by atoms with Gasteiger partial charge < -0.3 is 0 Å². The number of para-hydroxylation sites is 1. The Morgan fingerprint density at radius 3 is 2.71 bits per heavy atom. The molecule has 1 aromatic rings. The topological polar surface area (TPSA) is 12.4 Å². The zero-order valence-electron chi connectivity index (χ0n) is 8.44. The molecule has 0 unspecified atom stereocenters. The highest BCUT2D eigenvalue weighted by molar-refractivity contribution is 8.14. The lowest BCUT2D eigenvalue weighted by Gasteiger charge is -2.00. The van der Waals surface area contributed by atoms with E-state index in [9.17, 15) is 0 Å². The van der Waals surface area contributed by atoms with E-state index in [1.54, 1.807) is 11.8 Å². The lowest BCUT2D eigenvalue weighted by atomic mass is 10.3. The highest BCUT2D eigenvalue weighted by Crippen LogP contribution is 2.16. The molecule has 74 valence electrons. The van der Waals surface area contributed by atoms with Gasteiger partial charge in [0.15, 0.2) is 0 Å². The van der Waals surface area contributed by atoms with Crippen LogP contribution in [0.25, 0.3) is 0 Å². The second-order valence-corrected chi connectivity index (χ2v) is 3.89. The van der Waals surface area contributed by atoms with E-state index in [-0.39, 0.29) is 0 Å². The molecule has 0 aliphatic rings. The highest BCUT2D eigenvalue weighted by atomic mass is 32.2. The molecule has 1 nitrogen and oxygen atoms in total. The van der Waals surface area contributed by atoms with Crippen molar-refractivity contribution < 1.29 is 0 Å². The summed E-state index contributed by atoms with van der Waals surface area (Å²) in [5.41, 5.74) is 1.03. The molecule has 0 aliphatic heterocycles. The third-order valence-corrected chi connectivity index (χ3v) is 2.80. The van der Waals surface area contributed by atoms with Crippen LogP contribution in [0.5, 0.6) is 0 Å². The highest BCUT2D eigenvalue weighted by Gasteiger charge is 1.95. The monoisotopic (exact) mass is 205 g/mol. The number of hydrogen-bond donors (Lipinski definition) is 0. The van der Waals surface area contributed by atoms with Gasteiger partial charge in [0.2, 0.25) is 0 Å². The first-order valence-electron chi connectivity index (χ1n) is 4.73. The van der Waals surface area contributed by atoms with Crippen LogP contribution in [-0.4, -0.2) is 10.8 Å². The molecular weight excluding hydrogens is 190 g/mol. The van der Waals surface area contributed by atoms with Crippen LogP contribution in [0, 0.1) is 0 Å². The molecule has 0 fully saturated rings. The maximum atomic E-state index is 4.55. The second-order valence-electron chi connectivity index (χ2n) is 2.79. The third-order valence-electron chi connectivity index (χ3n) is 1.68. The van der Waals surface area contributed by atoms with Crippen molar-refractivity contribution in [2.24, 2.45) is 4.99 Å². The first kappa shape index (κ1) is 11.1. The van der Waals surface area contributed by atoms with Gasteiger partial charge in [0, 0.05) is 5.75 Å². The molecule has 0 saturated heterocycles. The SMILES string of the molecule is C=CCSC(CC)=Nc1ccccc1. The van der Waals surface area contributed by atoms with Gasteiger partial charge in [-0.3, -0.25) is 0 Å². The summed E-state index contributed by atoms with van der Waals surface area (Å²) in [6.45, 7) is 5.82. The lowest BCUT2D eigenvalue weighted by molar-refractivity contribution is 1.30. The van der Waals surface area contributed by atoms with Crippen LogP contribution >= 0.6 is 11.8 Å². The van der Waals surface area contributed by atoms with E-state index in [0.29, 0.717) is 0 Å². The molecule has 0 spiro atoms. The molecular formula is C12H15NS. The molecule has 0 bridgehead atoms. The first-order valence-corrected chi connectivity index (χ1v) is 5.71. The Morgan fingerprint density at radius 1 is 1.43 bits per heavy atom. The fourth-order valence-corrected chi connectivity index (χ4v) is 1.70. The van der Waals surface area contributed by atoms with Crippen molar-refractivity contribution in [2.75, 3.05) is 5.75 Å². The molecule has 0 aromatic heterocycles. The fraction of sp³-hybridized carbons (Fsp3) is 0.250. The van der Waals surface area contributed by atoms with E-state index < -0.39 is 0 Å². The summed E-state index contributed by atoms with van der Waals surface area (Å²) in [6, 6.07) is 10.0. The van der Waals surface area contributed by atoms with Gasteiger partial charge in [0.25, 0.3) is 0 Å². The normalized spacial score (nSPS) is 11.4. The van der Waals surface area contributed by atoms with Crippen molar-refractivity contribution in [2.45, 2.75) is 13.3 Å². The molecule has 0 amide bonds. The van der Waals surface area contributed by atoms with Crippen LogP contribution in [0.1, 0.15) is 13.3 Å². The predicted molar refractivity (Wildman–Crippen MR) is 66.5 cm³/mol. The lowest BCUT2D eigenvalue weighted by Crippen LogP contribution is -1.89. The Balaban J connectivity index is 2.68. The summed E-state index contributed by atoms with van der Waals surface area (Å²) < 4.78 is 0. The average Bonchev–Trinajstić information content (AvgIpc) is 2.25. The van der Waals surface area contributed by atoms with Gasteiger partial charge in [-0.05, 0) is 18.6 Å². The van der Waals surface area contributed by atoms with Gasteiger partial charge in [-0.2, -0.15) is 0 Å². The molecule has 2 heteroatoms. The predicted octanol–water partition coefficient (Wildman–Crippen LogP) is 4.05. The Morgan fingerprint density at radius 2 is 2.14 bits per heavy atom. The summed E-state index contributed by atoms with van der Waals surface area (Å²) in [6.07, 6.45) is 2.88.